The number of benzene rings is 2. The third-order valence-electron chi connectivity index (χ3n) is 8.70. The second kappa shape index (κ2) is 14.5. The number of aliphatic imine (C=N–C) groups is 1. The molecule has 5 rings (SSSR count). The fourth-order valence-corrected chi connectivity index (χ4v) is 6.39. The standard InChI is InChI=1S/C31H39N5O2.CH4.H2S/c1-35(25-14-12-22(20-32)13-15-25)30(37)19-29(23-8-4-2-5-9-23)36-21-24-18-27(16-17-28(24)34-31(36)33)38-26-10-6-3-7-11-26;;/h3,6-7,10-11,16-18,22-23,25,29H,2,4-5,8-9,12-15,19,21H2,1H3,(H2,33,34);1H4;1H2/t22?,25?,29-;;/m0../s1. The van der Waals surface area contributed by atoms with E-state index < -0.39 is 0 Å². The number of guanidine groups is 1. The smallest absolute Gasteiger partial charge is 0.224 e. The molecule has 2 N–H and O–H groups in total. The first-order chi connectivity index (χ1) is 18.5. The predicted octanol–water partition coefficient (Wildman–Crippen LogP) is 6.87. The number of hydrogen-bond donors (Lipinski definition) is 1. The van der Waals surface area contributed by atoms with Crippen molar-refractivity contribution in [3.8, 4) is 17.6 Å². The number of amides is 1. The maximum Gasteiger partial charge on any atom is 0.224 e. The molecule has 2 aromatic rings. The predicted molar refractivity (Wildman–Crippen MR) is 166 cm³/mol. The van der Waals surface area contributed by atoms with Gasteiger partial charge >= 0.3 is 0 Å². The monoisotopic (exact) mass is 563 g/mol. The van der Waals surface area contributed by atoms with Crippen molar-refractivity contribution < 1.29 is 9.53 Å². The van der Waals surface area contributed by atoms with Crippen LogP contribution in [0.3, 0.4) is 0 Å². The lowest BCUT2D eigenvalue weighted by atomic mass is 9.81. The van der Waals surface area contributed by atoms with Crippen LogP contribution in [0.4, 0.5) is 5.69 Å². The molecule has 3 aliphatic rings. The first-order valence-corrected chi connectivity index (χ1v) is 14.1. The highest BCUT2D eigenvalue weighted by Gasteiger charge is 2.36. The zero-order valence-corrected chi connectivity index (χ0v) is 23.9. The van der Waals surface area contributed by atoms with E-state index in [0.717, 1.165) is 61.3 Å². The van der Waals surface area contributed by atoms with Crippen LogP contribution >= 0.6 is 13.5 Å². The molecule has 216 valence electrons. The molecule has 1 heterocycles. The topological polar surface area (TPSA) is 94.9 Å². The Bertz CT molecular complexity index is 1180. The average molecular weight is 564 g/mol. The number of carbonyl (C=O) groups excluding carboxylic acids is 1. The second-order valence-corrected chi connectivity index (χ2v) is 11.1. The second-order valence-electron chi connectivity index (χ2n) is 11.1. The summed E-state index contributed by atoms with van der Waals surface area (Å²) in [5.41, 5.74) is 8.50. The van der Waals surface area contributed by atoms with Gasteiger partial charge in [-0.1, -0.05) is 44.9 Å². The van der Waals surface area contributed by atoms with Crippen LogP contribution in [0.1, 0.15) is 77.2 Å². The Morgan fingerprint density at radius 3 is 2.45 bits per heavy atom. The van der Waals surface area contributed by atoms with E-state index in [0.29, 0.717) is 24.8 Å². The normalized spacial score (nSPS) is 21.4. The summed E-state index contributed by atoms with van der Waals surface area (Å²) in [7, 11) is 1.94. The van der Waals surface area contributed by atoms with Gasteiger partial charge in [0.1, 0.15) is 11.5 Å². The van der Waals surface area contributed by atoms with Crippen LogP contribution < -0.4 is 10.5 Å². The minimum Gasteiger partial charge on any atom is -0.457 e. The average Bonchev–Trinajstić information content (AvgIpc) is 2.96. The summed E-state index contributed by atoms with van der Waals surface area (Å²) < 4.78 is 6.08. The first-order valence-electron chi connectivity index (χ1n) is 14.1. The SMILES string of the molecule is C.CN(C(=O)C[C@@H](C1CCCCC1)N1Cc2cc(Oc3ccccc3)ccc2N=C1N)C1CCC(C#N)CC1.S. The lowest BCUT2D eigenvalue weighted by Crippen LogP contribution is -2.51. The third-order valence-corrected chi connectivity index (χ3v) is 8.70. The van der Waals surface area contributed by atoms with Crippen LogP contribution in [0, 0.1) is 23.2 Å². The van der Waals surface area contributed by atoms with Gasteiger partial charge in [-0.2, -0.15) is 18.8 Å². The lowest BCUT2D eigenvalue weighted by molar-refractivity contribution is -0.134. The van der Waals surface area contributed by atoms with Gasteiger partial charge in [0, 0.05) is 43.6 Å². The van der Waals surface area contributed by atoms with Crippen LogP contribution in [-0.2, 0) is 11.3 Å². The fourth-order valence-electron chi connectivity index (χ4n) is 6.39. The minimum atomic E-state index is 0. The molecule has 0 aromatic heterocycles. The van der Waals surface area contributed by atoms with E-state index in [2.05, 4.69) is 11.0 Å². The van der Waals surface area contributed by atoms with Crippen molar-refractivity contribution in [2.75, 3.05) is 7.05 Å². The van der Waals surface area contributed by atoms with E-state index in [1.165, 1.54) is 19.3 Å². The van der Waals surface area contributed by atoms with Crippen molar-refractivity contribution in [2.24, 2.45) is 22.6 Å². The Hall–Kier alpha value is -3.18. The molecular weight excluding hydrogens is 518 g/mol. The molecule has 1 aliphatic heterocycles. The molecule has 0 unspecified atom stereocenters. The Labute approximate surface area is 246 Å². The molecule has 2 aliphatic carbocycles. The van der Waals surface area contributed by atoms with Gasteiger partial charge in [-0.3, -0.25) is 4.79 Å². The zero-order chi connectivity index (χ0) is 26.5. The summed E-state index contributed by atoms with van der Waals surface area (Å²) >= 11 is 0. The summed E-state index contributed by atoms with van der Waals surface area (Å²) in [6, 6.07) is 18.3. The van der Waals surface area contributed by atoms with Gasteiger partial charge < -0.3 is 20.3 Å². The zero-order valence-electron chi connectivity index (χ0n) is 22.9. The summed E-state index contributed by atoms with van der Waals surface area (Å²) in [5.74, 6) is 2.76. The molecule has 0 spiro atoms. The molecule has 0 saturated heterocycles. The van der Waals surface area contributed by atoms with Crippen molar-refractivity contribution in [3.05, 3.63) is 54.1 Å². The maximum atomic E-state index is 13.6. The molecule has 40 heavy (non-hydrogen) atoms. The molecule has 1 atom stereocenters. The third kappa shape index (κ3) is 7.31. The Morgan fingerprint density at radius 1 is 1.07 bits per heavy atom. The summed E-state index contributed by atoms with van der Waals surface area (Å²) in [6.45, 7) is 0.613. The molecule has 1 amide bonds. The molecule has 0 bridgehead atoms. The minimum absolute atomic E-state index is 0. The highest BCUT2D eigenvalue weighted by Crippen LogP contribution is 2.37. The number of para-hydroxylation sites is 1. The summed E-state index contributed by atoms with van der Waals surface area (Å²) in [4.78, 5) is 22.5. The van der Waals surface area contributed by atoms with E-state index in [1.807, 2.05) is 60.5 Å². The van der Waals surface area contributed by atoms with Gasteiger partial charge in [0.2, 0.25) is 5.91 Å². The summed E-state index contributed by atoms with van der Waals surface area (Å²) in [5, 5.41) is 9.25. The molecule has 8 heteroatoms. The van der Waals surface area contributed by atoms with Gasteiger partial charge in [-0.15, -0.1) is 0 Å². The van der Waals surface area contributed by atoms with Crippen molar-refractivity contribution in [1.29, 1.82) is 5.26 Å². The van der Waals surface area contributed by atoms with Gasteiger partial charge in [0.15, 0.2) is 5.96 Å². The van der Waals surface area contributed by atoms with Gasteiger partial charge in [0.05, 0.1) is 11.8 Å². The molecule has 7 nitrogen and oxygen atoms in total. The van der Waals surface area contributed by atoms with E-state index in [1.54, 1.807) is 0 Å². The molecule has 2 saturated carbocycles. The van der Waals surface area contributed by atoms with Gasteiger partial charge in [-0.25, -0.2) is 4.99 Å². The number of rotatable bonds is 7. The highest BCUT2D eigenvalue weighted by atomic mass is 32.1. The molecular formula is C32H45N5O2S. The van der Waals surface area contributed by atoms with Crippen molar-refractivity contribution >= 4 is 31.0 Å². The number of fused-ring (bicyclic) bond motifs is 1. The van der Waals surface area contributed by atoms with Gasteiger partial charge in [-0.05, 0) is 74.8 Å². The maximum absolute atomic E-state index is 13.6. The molecule has 0 radical (unpaired) electrons. The van der Waals surface area contributed by atoms with Crippen molar-refractivity contribution in [2.45, 2.75) is 90.3 Å². The number of nitrogens with two attached hydrogens (primary N) is 1. The Morgan fingerprint density at radius 2 is 1.77 bits per heavy atom. The number of carbonyl (C=O) groups is 1. The van der Waals surface area contributed by atoms with Crippen LogP contribution in [0.15, 0.2) is 53.5 Å². The van der Waals surface area contributed by atoms with Crippen LogP contribution in [0.2, 0.25) is 0 Å². The number of nitrogens with zero attached hydrogens (tertiary/aromatic N) is 4. The van der Waals surface area contributed by atoms with Crippen LogP contribution in [0.5, 0.6) is 11.5 Å². The first kappa shape index (κ1) is 31.3. The number of nitriles is 1. The lowest BCUT2D eigenvalue weighted by Gasteiger charge is -2.42. The quantitative estimate of drug-likeness (QED) is 0.397. The summed E-state index contributed by atoms with van der Waals surface area (Å²) in [6.07, 6.45) is 9.86. The Balaban J connectivity index is 0.00000220. The molecule has 2 fully saturated rings. The van der Waals surface area contributed by atoms with Crippen LogP contribution in [0.25, 0.3) is 0 Å². The van der Waals surface area contributed by atoms with E-state index in [-0.39, 0.29) is 44.8 Å². The number of ether oxygens (including phenoxy) is 1. The molecule has 2 aromatic carbocycles. The van der Waals surface area contributed by atoms with E-state index in [4.69, 9.17) is 15.5 Å². The van der Waals surface area contributed by atoms with Crippen LogP contribution in [-0.4, -0.2) is 40.8 Å². The van der Waals surface area contributed by atoms with Crippen molar-refractivity contribution in [1.82, 2.24) is 9.80 Å². The highest BCUT2D eigenvalue weighted by molar-refractivity contribution is 7.59. The number of hydrogen-bond acceptors (Lipinski definition) is 6. The van der Waals surface area contributed by atoms with Gasteiger partial charge in [0.25, 0.3) is 0 Å². The largest absolute Gasteiger partial charge is 0.457 e. The fraction of sp³-hybridized carbons (Fsp3) is 0.531. The Kier molecular flexibility index (Phi) is 11.3. The van der Waals surface area contributed by atoms with Crippen molar-refractivity contribution in [3.63, 3.8) is 0 Å². The van der Waals surface area contributed by atoms with E-state index in [9.17, 15) is 10.1 Å². The van der Waals surface area contributed by atoms with E-state index >= 15 is 0 Å².